The lowest BCUT2D eigenvalue weighted by Gasteiger charge is -2.24. The molecule has 1 rings (SSSR count). The van der Waals surface area contributed by atoms with Gasteiger partial charge in [0.05, 0.1) is 0 Å². The lowest BCUT2D eigenvalue weighted by Crippen LogP contribution is -2.44. The summed E-state index contributed by atoms with van der Waals surface area (Å²) in [5, 5.41) is 0.0727. The molecule has 7 heteroatoms. The normalized spacial score (nSPS) is 12.9. The van der Waals surface area contributed by atoms with Gasteiger partial charge in [-0.15, -0.1) is 0 Å². The van der Waals surface area contributed by atoms with E-state index in [0.717, 1.165) is 13.0 Å². The molecule has 0 fully saturated rings. The third-order valence-electron chi connectivity index (χ3n) is 2.87. The van der Waals surface area contributed by atoms with Crippen molar-refractivity contribution in [3.63, 3.8) is 0 Å². The van der Waals surface area contributed by atoms with Crippen LogP contribution in [-0.2, 0) is 16.6 Å². The summed E-state index contributed by atoms with van der Waals surface area (Å²) < 4.78 is 29.0. The molecule has 0 unspecified atom stereocenters. The highest BCUT2D eigenvalue weighted by Gasteiger charge is 2.27. The maximum Gasteiger partial charge on any atom is 0.260 e. The topological polar surface area (TPSA) is 90.0 Å². The minimum atomic E-state index is -3.60. The lowest BCUT2D eigenvalue weighted by molar-refractivity contribution is 0.427. The lowest BCUT2D eigenvalue weighted by atomic mass is 10.0. The number of nitrogens with two attached hydrogens (primary N) is 1. The number of hydrogen-bond acceptors (Lipinski definition) is 4. The maximum absolute atomic E-state index is 12.3. The van der Waals surface area contributed by atoms with E-state index in [0.29, 0.717) is 18.8 Å². The van der Waals surface area contributed by atoms with Crippen LogP contribution in [-0.4, -0.2) is 30.1 Å². The van der Waals surface area contributed by atoms with Gasteiger partial charge in [0.2, 0.25) is 0 Å². The smallest absolute Gasteiger partial charge is 0.260 e. The third kappa shape index (κ3) is 4.29. The van der Waals surface area contributed by atoms with Crippen LogP contribution in [0.2, 0.25) is 0 Å². The second kappa shape index (κ2) is 6.02. The summed E-state index contributed by atoms with van der Waals surface area (Å²) >= 11 is 0. The van der Waals surface area contributed by atoms with E-state index in [1.807, 2.05) is 25.3 Å². The molecule has 0 saturated carbocycles. The molecule has 0 aliphatic carbocycles. The Balaban J connectivity index is 2.97. The first kappa shape index (κ1) is 16.1. The maximum atomic E-state index is 12.3. The van der Waals surface area contributed by atoms with Crippen LogP contribution >= 0.6 is 0 Å². The van der Waals surface area contributed by atoms with Crippen molar-refractivity contribution < 1.29 is 8.42 Å². The SMILES string of the molecule is CCCn1cc(S(=O)(=O)NC(C)(C)CCN)nc1C. The zero-order valence-electron chi connectivity index (χ0n) is 12.1. The Morgan fingerprint density at radius 2 is 2.11 bits per heavy atom. The number of imidazole rings is 1. The van der Waals surface area contributed by atoms with E-state index >= 15 is 0 Å². The molecule has 0 aromatic carbocycles. The van der Waals surface area contributed by atoms with Gasteiger partial charge >= 0.3 is 0 Å². The van der Waals surface area contributed by atoms with Gasteiger partial charge in [0.15, 0.2) is 5.03 Å². The fraction of sp³-hybridized carbons (Fsp3) is 0.750. The van der Waals surface area contributed by atoms with Crippen LogP contribution in [0.15, 0.2) is 11.2 Å². The van der Waals surface area contributed by atoms with Crippen molar-refractivity contribution in [2.24, 2.45) is 5.73 Å². The fourth-order valence-corrected chi connectivity index (χ4v) is 3.36. The van der Waals surface area contributed by atoms with Crippen LogP contribution in [0.5, 0.6) is 0 Å². The Morgan fingerprint density at radius 3 is 2.63 bits per heavy atom. The molecule has 6 nitrogen and oxygen atoms in total. The highest BCUT2D eigenvalue weighted by atomic mass is 32.2. The van der Waals surface area contributed by atoms with E-state index in [4.69, 9.17) is 5.73 Å². The van der Waals surface area contributed by atoms with Gasteiger partial charge in [0.25, 0.3) is 10.0 Å². The Labute approximate surface area is 115 Å². The first-order chi connectivity index (χ1) is 8.72. The highest BCUT2D eigenvalue weighted by Crippen LogP contribution is 2.15. The van der Waals surface area contributed by atoms with Crippen LogP contribution < -0.4 is 10.5 Å². The van der Waals surface area contributed by atoms with E-state index in [1.54, 1.807) is 13.1 Å². The number of nitrogens with zero attached hydrogens (tertiary/aromatic N) is 2. The molecule has 0 saturated heterocycles. The number of aromatic nitrogens is 2. The second-order valence-electron chi connectivity index (χ2n) is 5.35. The number of rotatable bonds is 7. The summed E-state index contributed by atoms with van der Waals surface area (Å²) in [6.07, 6.45) is 3.09. The van der Waals surface area contributed by atoms with Crippen LogP contribution in [0, 0.1) is 6.92 Å². The molecular weight excluding hydrogens is 264 g/mol. The minimum Gasteiger partial charge on any atom is -0.334 e. The molecule has 19 heavy (non-hydrogen) atoms. The van der Waals surface area contributed by atoms with E-state index in [9.17, 15) is 8.42 Å². The van der Waals surface area contributed by atoms with Crippen molar-refractivity contribution in [1.29, 1.82) is 0 Å². The molecule has 0 aliphatic heterocycles. The Morgan fingerprint density at radius 1 is 1.47 bits per heavy atom. The number of hydrogen-bond donors (Lipinski definition) is 2. The molecule has 1 aromatic heterocycles. The van der Waals surface area contributed by atoms with Crippen LogP contribution in [0.4, 0.5) is 0 Å². The number of nitrogens with one attached hydrogen (secondary N) is 1. The number of sulfonamides is 1. The van der Waals surface area contributed by atoms with Crippen LogP contribution in [0.25, 0.3) is 0 Å². The molecule has 1 aromatic rings. The molecule has 1 heterocycles. The van der Waals surface area contributed by atoms with Crippen molar-refractivity contribution in [2.75, 3.05) is 6.54 Å². The molecule has 110 valence electrons. The molecule has 0 radical (unpaired) electrons. The van der Waals surface area contributed by atoms with Gasteiger partial charge < -0.3 is 10.3 Å². The standard InChI is InChI=1S/C12H24N4O2S/c1-5-8-16-9-11(14-10(16)2)19(17,18)15-12(3,4)6-7-13/h9,15H,5-8,13H2,1-4H3. The summed E-state index contributed by atoms with van der Waals surface area (Å²) in [7, 11) is -3.60. The average Bonchev–Trinajstić information content (AvgIpc) is 2.60. The zero-order valence-corrected chi connectivity index (χ0v) is 12.9. The summed E-state index contributed by atoms with van der Waals surface area (Å²) in [6, 6.07) is 0. The summed E-state index contributed by atoms with van der Waals surface area (Å²) in [5.41, 5.74) is 4.91. The second-order valence-corrected chi connectivity index (χ2v) is 6.98. The van der Waals surface area contributed by atoms with Crippen molar-refractivity contribution in [3.8, 4) is 0 Å². The first-order valence-electron chi connectivity index (χ1n) is 6.49. The predicted octanol–water partition coefficient (Wildman–Crippen LogP) is 1.01. The van der Waals surface area contributed by atoms with Gasteiger partial charge in [-0.3, -0.25) is 0 Å². The summed E-state index contributed by atoms with van der Waals surface area (Å²) in [4.78, 5) is 4.13. The van der Waals surface area contributed by atoms with Crippen molar-refractivity contribution in [2.45, 2.75) is 57.6 Å². The number of aryl methyl sites for hydroxylation is 2. The molecular formula is C12H24N4O2S. The minimum absolute atomic E-state index is 0.0727. The van der Waals surface area contributed by atoms with Gasteiger partial charge in [-0.2, -0.15) is 0 Å². The molecule has 3 N–H and O–H groups in total. The molecule has 0 amide bonds. The Hall–Kier alpha value is -0.920. The predicted molar refractivity (Wildman–Crippen MR) is 75.3 cm³/mol. The van der Waals surface area contributed by atoms with Crippen LogP contribution in [0.1, 0.15) is 39.4 Å². The van der Waals surface area contributed by atoms with Crippen LogP contribution in [0.3, 0.4) is 0 Å². The summed E-state index contributed by atoms with van der Waals surface area (Å²) in [5.74, 6) is 0.707. The van der Waals surface area contributed by atoms with Gasteiger partial charge in [-0.1, -0.05) is 6.92 Å². The van der Waals surface area contributed by atoms with Gasteiger partial charge in [0, 0.05) is 18.3 Å². The summed E-state index contributed by atoms with van der Waals surface area (Å²) in [6.45, 7) is 8.66. The highest BCUT2D eigenvalue weighted by molar-refractivity contribution is 7.89. The molecule has 0 aliphatic rings. The average molecular weight is 288 g/mol. The molecule has 0 bridgehead atoms. The third-order valence-corrected chi connectivity index (χ3v) is 4.44. The largest absolute Gasteiger partial charge is 0.334 e. The quantitative estimate of drug-likeness (QED) is 0.783. The van der Waals surface area contributed by atoms with E-state index in [-0.39, 0.29) is 5.03 Å². The van der Waals surface area contributed by atoms with Crippen molar-refractivity contribution in [1.82, 2.24) is 14.3 Å². The zero-order chi connectivity index (χ0) is 14.7. The van der Waals surface area contributed by atoms with E-state index in [1.165, 1.54) is 0 Å². The monoisotopic (exact) mass is 288 g/mol. The van der Waals surface area contributed by atoms with Gasteiger partial charge in [-0.25, -0.2) is 18.1 Å². The van der Waals surface area contributed by atoms with E-state index < -0.39 is 15.6 Å². The first-order valence-corrected chi connectivity index (χ1v) is 7.98. The van der Waals surface area contributed by atoms with Gasteiger partial charge in [0.1, 0.15) is 5.82 Å². The van der Waals surface area contributed by atoms with E-state index in [2.05, 4.69) is 9.71 Å². The fourth-order valence-electron chi connectivity index (χ4n) is 1.90. The molecule has 0 spiro atoms. The van der Waals surface area contributed by atoms with Crippen molar-refractivity contribution >= 4 is 10.0 Å². The Bertz CT molecular complexity index is 520. The molecule has 0 atom stereocenters. The van der Waals surface area contributed by atoms with Gasteiger partial charge in [-0.05, 0) is 40.2 Å². The van der Waals surface area contributed by atoms with Crippen molar-refractivity contribution in [3.05, 3.63) is 12.0 Å². The Kier molecular flexibility index (Phi) is 5.11.